The summed E-state index contributed by atoms with van der Waals surface area (Å²) < 4.78 is 1.69. The maximum absolute atomic E-state index is 11.7. The van der Waals surface area contributed by atoms with Crippen molar-refractivity contribution >= 4 is 0 Å². The lowest BCUT2D eigenvalue weighted by atomic mass is 10.1. The zero-order valence-electron chi connectivity index (χ0n) is 7.89. The number of nitrogens with one attached hydrogen (secondary N) is 2. The van der Waals surface area contributed by atoms with Crippen molar-refractivity contribution in [2.24, 2.45) is 0 Å². The summed E-state index contributed by atoms with van der Waals surface area (Å²) in [6.07, 6.45) is 1.80. The van der Waals surface area contributed by atoms with Gasteiger partial charge in [-0.15, -0.1) is 0 Å². The quantitative estimate of drug-likeness (QED) is 0.635. The van der Waals surface area contributed by atoms with Gasteiger partial charge in [0.25, 0.3) is 5.56 Å². The molecule has 4 heteroatoms. The minimum Gasteiger partial charge on any atom is -0.316 e. The Morgan fingerprint density at radius 1 is 1.38 bits per heavy atom. The first kappa shape index (κ1) is 8.56. The van der Waals surface area contributed by atoms with Gasteiger partial charge in [0.2, 0.25) is 0 Å². The highest BCUT2D eigenvalue weighted by molar-refractivity contribution is 5.19. The van der Waals surface area contributed by atoms with E-state index in [0.717, 1.165) is 43.7 Å². The average Bonchev–Trinajstić information content (AvgIpc) is 2.37. The highest BCUT2D eigenvalue weighted by Crippen LogP contribution is 2.05. The third-order valence-electron chi connectivity index (χ3n) is 2.56. The summed E-state index contributed by atoms with van der Waals surface area (Å²) in [5.41, 5.74) is 2.27. The summed E-state index contributed by atoms with van der Waals surface area (Å²) in [6.45, 7) is 4.61. The Balaban J connectivity index is 2.45. The van der Waals surface area contributed by atoms with Crippen LogP contribution in [-0.4, -0.2) is 22.9 Å². The molecule has 0 bridgehead atoms. The van der Waals surface area contributed by atoms with E-state index in [2.05, 4.69) is 10.4 Å². The molecule has 0 aliphatic carbocycles. The molecule has 1 aromatic rings. The van der Waals surface area contributed by atoms with Gasteiger partial charge in [-0.05, 0) is 19.9 Å². The molecule has 0 spiro atoms. The number of aromatic amines is 1. The Hall–Kier alpha value is -1.03. The van der Waals surface area contributed by atoms with Crippen molar-refractivity contribution in [3.63, 3.8) is 0 Å². The minimum atomic E-state index is 0.168. The van der Waals surface area contributed by atoms with Crippen LogP contribution in [0.3, 0.4) is 0 Å². The first-order valence-corrected chi connectivity index (χ1v) is 4.84. The number of fused-ring (bicyclic) bond motifs is 1. The number of aryl methyl sites for hydroxylation is 1. The van der Waals surface area contributed by atoms with E-state index in [1.165, 1.54) is 0 Å². The van der Waals surface area contributed by atoms with E-state index in [4.69, 9.17) is 0 Å². The maximum atomic E-state index is 11.7. The predicted molar refractivity (Wildman–Crippen MR) is 51.0 cm³/mol. The second-order valence-electron chi connectivity index (χ2n) is 3.37. The molecule has 2 N–H and O–H groups in total. The Morgan fingerprint density at radius 2 is 2.15 bits per heavy atom. The maximum Gasteiger partial charge on any atom is 0.269 e. The van der Waals surface area contributed by atoms with Crippen LogP contribution in [0.25, 0.3) is 0 Å². The number of hydrogen-bond donors (Lipinski definition) is 2. The molecule has 0 radical (unpaired) electrons. The van der Waals surface area contributed by atoms with Crippen LogP contribution in [0.4, 0.5) is 0 Å². The van der Waals surface area contributed by atoms with Crippen LogP contribution < -0.4 is 10.9 Å². The van der Waals surface area contributed by atoms with Gasteiger partial charge in [-0.3, -0.25) is 14.6 Å². The molecule has 1 aliphatic heterocycles. The molecule has 1 aromatic heterocycles. The predicted octanol–water partition coefficient (Wildman–Crippen LogP) is -0.115. The summed E-state index contributed by atoms with van der Waals surface area (Å²) >= 11 is 0. The van der Waals surface area contributed by atoms with Crippen molar-refractivity contribution < 1.29 is 0 Å². The van der Waals surface area contributed by atoms with Gasteiger partial charge >= 0.3 is 0 Å². The number of rotatable bonds is 1. The lowest BCUT2D eigenvalue weighted by Crippen LogP contribution is -2.22. The second kappa shape index (κ2) is 3.38. The topological polar surface area (TPSA) is 49.8 Å². The van der Waals surface area contributed by atoms with E-state index in [1.807, 2.05) is 6.92 Å². The lowest BCUT2D eigenvalue weighted by Gasteiger charge is -1.97. The van der Waals surface area contributed by atoms with Crippen molar-refractivity contribution in [3.05, 3.63) is 21.6 Å². The lowest BCUT2D eigenvalue weighted by molar-refractivity contribution is 0.614. The van der Waals surface area contributed by atoms with Crippen molar-refractivity contribution in [1.82, 2.24) is 15.1 Å². The van der Waals surface area contributed by atoms with Gasteiger partial charge in [0, 0.05) is 30.8 Å². The van der Waals surface area contributed by atoms with E-state index in [-0.39, 0.29) is 5.56 Å². The van der Waals surface area contributed by atoms with Crippen LogP contribution in [-0.2, 0) is 19.4 Å². The standard InChI is InChI=1S/C9H15N3O/c1-2-12-9(13)7-3-5-10-6-4-8(7)11-12/h10-11H,2-6H2,1H3. The monoisotopic (exact) mass is 181 g/mol. The molecule has 0 amide bonds. The number of nitrogens with zero attached hydrogens (tertiary/aromatic N) is 1. The molecule has 0 saturated carbocycles. The summed E-state index contributed by atoms with van der Waals surface area (Å²) in [5, 5.41) is 6.43. The van der Waals surface area contributed by atoms with Crippen LogP contribution in [0.1, 0.15) is 18.2 Å². The normalized spacial score (nSPS) is 16.7. The molecule has 1 aliphatic rings. The molecule has 13 heavy (non-hydrogen) atoms. The fraction of sp³-hybridized carbons (Fsp3) is 0.667. The van der Waals surface area contributed by atoms with Gasteiger partial charge in [-0.25, -0.2) is 0 Å². The highest BCUT2D eigenvalue weighted by Gasteiger charge is 2.14. The Bertz CT molecular complexity index is 350. The third kappa shape index (κ3) is 1.42. The molecule has 2 rings (SSSR count). The van der Waals surface area contributed by atoms with Crippen LogP contribution in [0.5, 0.6) is 0 Å². The van der Waals surface area contributed by atoms with Gasteiger partial charge in [-0.2, -0.15) is 0 Å². The van der Waals surface area contributed by atoms with Crippen LogP contribution in [0.15, 0.2) is 4.79 Å². The van der Waals surface area contributed by atoms with Crippen molar-refractivity contribution in [3.8, 4) is 0 Å². The first-order chi connectivity index (χ1) is 6.33. The van der Waals surface area contributed by atoms with Crippen LogP contribution in [0.2, 0.25) is 0 Å². The fourth-order valence-corrected chi connectivity index (χ4v) is 1.81. The zero-order chi connectivity index (χ0) is 9.26. The SMILES string of the molecule is CCn1[nH]c2c(c1=O)CCNCC2. The molecule has 0 fully saturated rings. The fourth-order valence-electron chi connectivity index (χ4n) is 1.81. The van der Waals surface area contributed by atoms with Gasteiger partial charge in [0.1, 0.15) is 0 Å². The Morgan fingerprint density at radius 3 is 2.92 bits per heavy atom. The number of hydrogen-bond acceptors (Lipinski definition) is 2. The Kier molecular flexibility index (Phi) is 2.22. The largest absolute Gasteiger partial charge is 0.316 e. The van der Waals surface area contributed by atoms with E-state index in [9.17, 15) is 4.79 Å². The summed E-state index contributed by atoms with van der Waals surface area (Å²) in [7, 11) is 0. The molecule has 0 saturated heterocycles. The van der Waals surface area contributed by atoms with Crippen LogP contribution in [0, 0.1) is 0 Å². The summed E-state index contributed by atoms with van der Waals surface area (Å²) in [6, 6.07) is 0. The Labute approximate surface area is 76.9 Å². The van der Waals surface area contributed by atoms with Gasteiger partial charge in [0.05, 0.1) is 0 Å². The number of H-pyrrole nitrogens is 1. The van der Waals surface area contributed by atoms with Crippen molar-refractivity contribution in [2.75, 3.05) is 13.1 Å². The van der Waals surface area contributed by atoms with Crippen molar-refractivity contribution in [2.45, 2.75) is 26.3 Å². The smallest absolute Gasteiger partial charge is 0.269 e. The van der Waals surface area contributed by atoms with Gasteiger partial charge in [-0.1, -0.05) is 0 Å². The highest BCUT2D eigenvalue weighted by atomic mass is 16.1. The molecule has 0 atom stereocenters. The molecule has 2 heterocycles. The van der Waals surface area contributed by atoms with Gasteiger partial charge in [0.15, 0.2) is 0 Å². The first-order valence-electron chi connectivity index (χ1n) is 4.84. The van der Waals surface area contributed by atoms with Crippen LogP contribution >= 0.6 is 0 Å². The van der Waals surface area contributed by atoms with E-state index >= 15 is 0 Å². The third-order valence-corrected chi connectivity index (χ3v) is 2.56. The van der Waals surface area contributed by atoms with E-state index in [0.29, 0.717) is 0 Å². The minimum absolute atomic E-state index is 0.168. The summed E-state index contributed by atoms with van der Waals surface area (Å²) in [5.74, 6) is 0. The summed E-state index contributed by atoms with van der Waals surface area (Å²) in [4.78, 5) is 11.7. The molecule has 4 nitrogen and oxygen atoms in total. The molecule has 72 valence electrons. The molecular formula is C9H15N3O. The molecule has 0 aromatic carbocycles. The number of aromatic nitrogens is 2. The van der Waals surface area contributed by atoms with Gasteiger partial charge < -0.3 is 5.32 Å². The zero-order valence-corrected chi connectivity index (χ0v) is 7.89. The van der Waals surface area contributed by atoms with Crippen molar-refractivity contribution in [1.29, 1.82) is 0 Å². The average molecular weight is 181 g/mol. The molecule has 0 unspecified atom stereocenters. The molecular weight excluding hydrogens is 166 g/mol. The van der Waals surface area contributed by atoms with E-state index < -0.39 is 0 Å². The second-order valence-corrected chi connectivity index (χ2v) is 3.37. The van der Waals surface area contributed by atoms with E-state index in [1.54, 1.807) is 4.68 Å².